The van der Waals surface area contributed by atoms with Crippen LogP contribution in [0.4, 0.5) is 5.00 Å². The predicted molar refractivity (Wildman–Crippen MR) is 145 cm³/mol. The lowest BCUT2D eigenvalue weighted by Crippen LogP contribution is -2.39. The van der Waals surface area contributed by atoms with E-state index >= 15 is 0 Å². The zero-order chi connectivity index (χ0) is 27.0. The Morgan fingerprint density at radius 2 is 1.79 bits per heavy atom. The molecule has 10 heteroatoms. The molecule has 0 unspecified atom stereocenters. The maximum Gasteiger partial charge on any atom is 0.343 e. The van der Waals surface area contributed by atoms with Crippen molar-refractivity contribution in [2.45, 2.75) is 39.0 Å². The van der Waals surface area contributed by atoms with Gasteiger partial charge in [0.25, 0.3) is 5.91 Å². The number of carbonyl (C=O) groups excluding carboxylic acids is 2. The average molecular weight is 538 g/mol. The highest BCUT2D eigenvalue weighted by atomic mass is 32.1. The van der Waals surface area contributed by atoms with E-state index in [1.807, 2.05) is 6.07 Å². The van der Waals surface area contributed by atoms with Crippen molar-refractivity contribution >= 4 is 28.2 Å². The highest BCUT2D eigenvalue weighted by molar-refractivity contribution is 7.16. The zero-order valence-electron chi connectivity index (χ0n) is 22.0. The Bertz CT molecular complexity index is 1360. The van der Waals surface area contributed by atoms with Gasteiger partial charge in [-0.3, -0.25) is 9.69 Å². The van der Waals surface area contributed by atoms with Crippen LogP contribution in [-0.2, 0) is 13.0 Å². The summed E-state index contributed by atoms with van der Waals surface area (Å²) in [6, 6.07) is 10.6. The molecule has 2 aliphatic heterocycles. The molecular formula is C28H31N3O6S. The molecule has 0 saturated heterocycles. The fourth-order valence-corrected chi connectivity index (χ4v) is 6.16. The minimum atomic E-state index is -0.579. The quantitative estimate of drug-likeness (QED) is 0.333. The second kappa shape index (κ2) is 10.5. The van der Waals surface area contributed by atoms with E-state index in [0.29, 0.717) is 29.0 Å². The van der Waals surface area contributed by atoms with Gasteiger partial charge in [-0.25, -0.2) is 4.79 Å². The maximum atomic E-state index is 13.2. The summed E-state index contributed by atoms with van der Waals surface area (Å²) in [4.78, 5) is 29.8. The minimum Gasteiger partial charge on any atom is -0.493 e. The van der Waals surface area contributed by atoms with Crippen molar-refractivity contribution in [3.63, 3.8) is 0 Å². The number of anilines is 1. The van der Waals surface area contributed by atoms with Crippen LogP contribution in [-0.4, -0.2) is 50.7 Å². The number of fused-ring (bicyclic) bond motifs is 3. The lowest BCUT2D eigenvalue weighted by atomic mass is 9.99. The standard InChI is InChI=1S/C28H31N3O6S/c1-15(2)31-10-9-19-22(14-31)38-27-23(19)26(32)29-25(30-27)16-7-6-8-18(11-16)37-28(33)17-12-20(34-3)24(36-5)21(13-17)35-4/h6-8,11-13,15,25,30H,9-10,14H2,1-5H3,(H,29,32)/t25-/m1/s1. The summed E-state index contributed by atoms with van der Waals surface area (Å²) in [5.74, 6) is 0.782. The van der Waals surface area contributed by atoms with Gasteiger partial charge < -0.3 is 29.6 Å². The van der Waals surface area contributed by atoms with Crippen LogP contribution in [0.5, 0.6) is 23.0 Å². The molecule has 3 heterocycles. The molecule has 9 nitrogen and oxygen atoms in total. The first-order valence-electron chi connectivity index (χ1n) is 12.4. The highest BCUT2D eigenvalue weighted by Gasteiger charge is 2.34. The van der Waals surface area contributed by atoms with Crippen LogP contribution in [0.15, 0.2) is 36.4 Å². The van der Waals surface area contributed by atoms with Crippen molar-refractivity contribution in [3.05, 3.63) is 63.5 Å². The molecule has 0 spiro atoms. The number of thiophene rings is 1. The van der Waals surface area contributed by atoms with Crippen molar-refractivity contribution in [1.82, 2.24) is 10.2 Å². The summed E-state index contributed by atoms with van der Waals surface area (Å²) in [6.07, 6.45) is 0.419. The Hall–Kier alpha value is -3.76. The average Bonchev–Trinajstić information content (AvgIpc) is 3.30. The van der Waals surface area contributed by atoms with Crippen LogP contribution >= 0.6 is 11.3 Å². The van der Waals surface area contributed by atoms with Gasteiger partial charge >= 0.3 is 5.97 Å². The Balaban J connectivity index is 1.35. The van der Waals surface area contributed by atoms with Gasteiger partial charge in [0.2, 0.25) is 5.75 Å². The number of ether oxygens (including phenoxy) is 4. The molecule has 0 radical (unpaired) electrons. The van der Waals surface area contributed by atoms with Crippen molar-refractivity contribution in [2.24, 2.45) is 0 Å². The van der Waals surface area contributed by atoms with Crippen molar-refractivity contribution < 1.29 is 28.5 Å². The molecule has 1 amide bonds. The number of esters is 1. The number of nitrogens with zero attached hydrogens (tertiary/aromatic N) is 1. The normalized spacial score (nSPS) is 16.7. The van der Waals surface area contributed by atoms with Gasteiger partial charge in [0.15, 0.2) is 11.5 Å². The molecule has 1 atom stereocenters. The first kappa shape index (κ1) is 25.9. The second-order valence-electron chi connectivity index (χ2n) is 9.45. The summed E-state index contributed by atoms with van der Waals surface area (Å²) in [5, 5.41) is 7.43. The Morgan fingerprint density at radius 3 is 2.45 bits per heavy atom. The van der Waals surface area contributed by atoms with Gasteiger partial charge in [-0.15, -0.1) is 11.3 Å². The van der Waals surface area contributed by atoms with Gasteiger partial charge in [0, 0.05) is 24.0 Å². The number of benzene rings is 2. The fraction of sp³-hybridized carbons (Fsp3) is 0.357. The van der Waals surface area contributed by atoms with Crippen LogP contribution in [0.1, 0.15) is 56.7 Å². The summed E-state index contributed by atoms with van der Waals surface area (Å²) >= 11 is 1.65. The van der Waals surface area contributed by atoms with Crippen molar-refractivity contribution in [3.8, 4) is 23.0 Å². The third kappa shape index (κ3) is 4.77. The molecule has 0 aliphatic carbocycles. The van der Waals surface area contributed by atoms with Crippen molar-refractivity contribution in [1.29, 1.82) is 0 Å². The molecule has 200 valence electrons. The lowest BCUT2D eigenvalue weighted by Gasteiger charge is -2.31. The number of nitrogens with one attached hydrogen (secondary N) is 2. The molecule has 2 aliphatic rings. The third-order valence-corrected chi connectivity index (χ3v) is 8.05. The summed E-state index contributed by atoms with van der Waals surface area (Å²) < 4.78 is 21.7. The number of hydrogen-bond acceptors (Lipinski definition) is 9. The van der Waals surface area contributed by atoms with Gasteiger partial charge in [0.05, 0.1) is 32.5 Å². The first-order valence-corrected chi connectivity index (χ1v) is 13.2. The third-order valence-electron chi connectivity index (χ3n) is 6.90. The van der Waals surface area contributed by atoms with Gasteiger partial charge in [-0.05, 0) is 55.7 Å². The largest absolute Gasteiger partial charge is 0.493 e. The number of rotatable bonds is 7. The van der Waals surface area contributed by atoms with Crippen LogP contribution in [0.25, 0.3) is 0 Å². The number of methoxy groups -OCH3 is 3. The predicted octanol–water partition coefficient (Wildman–Crippen LogP) is 4.61. The zero-order valence-corrected chi connectivity index (χ0v) is 22.9. The van der Waals surface area contributed by atoms with Crippen LogP contribution in [0.2, 0.25) is 0 Å². The monoisotopic (exact) mass is 537 g/mol. The van der Waals surface area contributed by atoms with E-state index in [-0.39, 0.29) is 11.5 Å². The lowest BCUT2D eigenvalue weighted by molar-refractivity contribution is 0.0733. The smallest absolute Gasteiger partial charge is 0.343 e. The molecule has 2 aromatic carbocycles. The maximum absolute atomic E-state index is 13.2. The minimum absolute atomic E-state index is 0.0842. The summed E-state index contributed by atoms with van der Waals surface area (Å²) in [5.41, 5.74) is 2.93. The van der Waals surface area contributed by atoms with E-state index in [0.717, 1.165) is 41.2 Å². The van der Waals surface area contributed by atoms with Crippen LogP contribution in [0.3, 0.4) is 0 Å². The van der Waals surface area contributed by atoms with Gasteiger partial charge in [0.1, 0.15) is 16.9 Å². The fourth-order valence-electron chi connectivity index (χ4n) is 4.87. The Labute approximate surface area is 225 Å². The molecule has 2 N–H and O–H groups in total. The SMILES string of the molecule is COc1cc(C(=O)Oc2cccc([C@@H]3NC(=O)c4c(sc5c4CCN(C(C)C)C5)N3)c2)cc(OC)c1OC. The van der Waals surface area contributed by atoms with E-state index in [2.05, 4.69) is 29.4 Å². The van der Waals surface area contributed by atoms with Crippen LogP contribution < -0.4 is 29.6 Å². The van der Waals surface area contributed by atoms with Gasteiger partial charge in [-0.1, -0.05) is 12.1 Å². The van der Waals surface area contributed by atoms with E-state index in [4.69, 9.17) is 18.9 Å². The van der Waals surface area contributed by atoms with E-state index < -0.39 is 12.1 Å². The van der Waals surface area contributed by atoms with Crippen molar-refractivity contribution in [2.75, 3.05) is 33.2 Å². The molecule has 5 rings (SSSR count). The Kier molecular flexibility index (Phi) is 7.18. The molecule has 38 heavy (non-hydrogen) atoms. The highest BCUT2D eigenvalue weighted by Crippen LogP contribution is 2.41. The van der Waals surface area contributed by atoms with E-state index in [1.165, 1.54) is 38.3 Å². The summed E-state index contributed by atoms with van der Waals surface area (Å²) in [7, 11) is 4.46. The number of carbonyl (C=O) groups is 2. The Morgan fingerprint density at radius 1 is 1.05 bits per heavy atom. The molecule has 1 aromatic heterocycles. The van der Waals surface area contributed by atoms with Gasteiger partial charge in [-0.2, -0.15) is 0 Å². The molecule has 0 saturated carbocycles. The van der Waals surface area contributed by atoms with E-state index in [1.54, 1.807) is 29.5 Å². The topological polar surface area (TPSA) is 98.4 Å². The molecule has 3 aromatic rings. The number of amides is 1. The van der Waals surface area contributed by atoms with E-state index in [9.17, 15) is 9.59 Å². The second-order valence-corrected chi connectivity index (χ2v) is 10.6. The first-order chi connectivity index (χ1) is 18.3. The molecular weight excluding hydrogens is 506 g/mol. The summed E-state index contributed by atoms with van der Waals surface area (Å²) in [6.45, 7) is 6.20. The number of hydrogen-bond donors (Lipinski definition) is 2. The van der Waals surface area contributed by atoms with Crippen LogP contribution in [0, 0.1) is 0 Å². The molecule has 0 bridgehead atoms. The molecule has 0 fully saturated rings.